The van der Waals surface area contributed by atoms with E-state index in [-0.39, 0.29) is 26.2 Å². The first kappa shape index (κ1) is 23.4. The van der Waals surface area contributed by atoms with Gasteiger partial charge in [-0.15, -0.1) is 0 Å². The molecule has 25 heavy (non-hydrogen) atoms. The van der Waals surface area contributed by atoms with E-state index in [9.17, 15) is 14.4 Å². The third-order valence-corrected chi connectivity index (χ3v) is 3.63. The summed E-state index contributed by atoms with van der Waals surface area (Å²) in [6.07, 6.45) is 5.38. The van der Waals surface area contributed by atoms with E-state index in [4.69, 9.17) is 19.3 Å². The van der Waals surface area contributed by atoms with Gasteiger partial charge in [-0.25, -0.2) is 0 Å². The zero-order valence-electron chi connectivity index (χ0n) is 15.6. The SMILES string of the molecule is CC(=O)OCC(COC(C)=O)OC(=O)CCCCCCCC(C)CO. The van der Waals surface area contributed by atoms with E-state index >= 15 is 0 Å². The molecular formula is C18H32O7. The Hall–Kier alpha value is -1.63. The van der Waals surface area contributed by atoms with Gasteiger partial charge in [0.1, 0.15) is 13.2 Å². The Kier molecular flexibility index (Phi) is 13.7. The van der Waals surface area contributed by atoms with Crippen LogP contribution in [0.1, 0.15) is 65.7 Å². The molecule has 0 bridgehead atoms. The summed E-state index contributed by atoms with van der Waals surface area (Å²) in [5.41, 5.74) is 0. The normalized spacial score (nSPS) is 11.9. The summed E-state index contributed by atoms with van der Waals surface area (Å²) in [4.78, 5) is 33.5. The first-order chi connectivity index (χ1) is 11.8. The van der Waals surface area contributed by atoms with E-state index in [1.54, 1.807) is 0 Å². The number of unbranched alkanes of at least 4 members (excludes halogenated alkanes) is 4. The predicted octanol–water partition coefficient (Wildman–Crippen LogP) is 2.38. The Bertz CT molecular complexity index is 377. The van der Waals surface area contributed by atoms with E-state index < -0.39 is 24.0 Å². The maximum absolute atomic E-state index is 11.8. The fraction of sp³-hybridized carbons (Fsp3) is 0.833. The number of ether oxygens (including phenoxy) is 3. The van der Waals surface area contributed by atoms with Gasteiger partial charge in [0.2, 0.25) is 0 Å². The van der Waals surface area contributed by atoms with Crippen LogP contribution in [0, 0.1) is 5.92 Å². The van der Waals surface area contributed by atoms with Crippen molar-refractivity contribution in [2.24, 2.45) is 5.92 Å². The van der Waals surface area contributed by atoms with Gasteiger partial charge in [-0.05, 0) is 18.8 Å². The smallest absolute Gasteiger partial charge is 0.306 e. The number of aliphatic hydroxyl groups is 1. The Morgan fingerprint density at radius 3 is 1.92 bits per heavy atom. The average Bonchev–Trinajstić information content (AvgIpc) is 2.55. The number of carbonyl (C=O) groups is 3. The molecule has 0 fully saturated rings. The van der Waals surface area contributed by atoms with Crippen molar-refractivity contribution in [1.29, 1.82) is 0 Å². The van der Waals surface area contributed by atoms with E-state index in [1.165, 1.54) is 13.8 Å². The molecule has 0 saturated heterocycles. The predicted molar refractivity (Wildman–Crippen MR) is 91.7 cm³/mol. The molecule has 7 nitrogen and oxygen atoms in total. The summed E-state index contributed by atoms with van der Waals surface area (Å²) in [5.74, 6) is -1.02. The molecule has 0 aromatic carbocycles. The van der Waals surface area contributed by atoms with Crippen LogP contribution in [0.4, 0.5) is 0 Å². The highest BCUT2D eigenvalue weighted by atomic mass is 16.6. The zero-order valence-corrected chi connectivity index (χ0v) is 15.6. The highest BCUT2D eigenvalue weighted by molar-refractivity contribution is 5.70. The third-order valence-electron chi connectivity index (χ3n) is 3.63. The van der Waals surface area contributed by atoms with E-state index in [0.717, 1.165) is 38.5 Å². The Morgan fingerprint density at radius 1 is 0.880 bits per heavy atom. The van der Waals surface area contributed by atoms with Crippen LogP contribution in [-0.2, 0) is 28.6 Å². The average molecular weight is 360 g/mol. The van der Waals surface area contributed by atoms with Gasteiger partial charge in [-0.3, -0.25) is 14.4 Å². The molecule has 0 rings (SSSR count). The molecule has 7 heteroatoms. The second-order valence-corrected chi connectivity index (χ2v) is 6.31. The molecule has 0 heterocycles. The molecule has 0 spiro atoms. The van der Waals surface area contributed by atoms with Gasteiger partial charge >= 0.3 is 17.9 Å². The van der Waals surface area contributed by atoms with Crippen molar-refractivity contribution in [2.45, 2.75) is 71.8 Å². The van der Waals surface area contributed by atoms with E-state index in [2.05, 4.69) is 0 Å². The maximum Gasteiger partial charge on any atom is 0.306 e. The lowest BCUT2D eigenvalue weighted by Crippen LogP contribution is -2.30. The first-order valence-electron chi connectivity index (χ1n) is 8.92. The Labute approximate surface area is 150 Å². The molecular weight excluding hydrogens is 328 g/mol. The molecule has 1 atom stereocenters. The number of aliphatic hydroxyl groups excluding tert-OH is 1. The molecule has 0 aromatic heterocycles. The molecule has 1 N–H and O–H groups in total. The number of esters is 3. The van der Waals surface area contributed by atoms with E-state index in [1.807, 2.05) is 6.92 Å². The maximum atomic E-state index is 11.8. The topological polar surface area (TPSA) is 99.1 Å². The second-order valence-electron chi connectivity index (χ2n) is 6.31. The molecule has 146 valence electrons. The van der Waals surface area contributed by atoms with Crippen molar-refractivity contribution >= 4 is 17.9 Å². The van der Waals surface area contributed by atoms with Crippen LogP contribution in [0.3, 0.4) is 0 Å². The molecule has 0 aromatic rings. The zero-order chi connectivity index (χ0) is 19.1. The van der Waals surface area contributed by atoms with Gasteiger partial charge in [-0.2, -0.15) is 0 Å². The van der Waals surface area contributed by atoms with Crippen LogP contribution in [-0.4, -0.2) is 48.9 Å². The summed E-state index contributed by atoms with van der Waals surface area (Å²) in [6.45, 7) is 4.51. The summed E-state index contributed by atoms with van der Waals surface area (Å²) in [5, 5.41) is 8.94. The monoisotopic (exact) mass is 360 g/mol. The number of hydrogen-bond donors (Lipinski definition) is 1. The second kappa shape index (κ2) is 14.7. The molecule has 0 saturated carbocycles. The minimum absolute atomic E-state index is 0.128. The highest BCUT2D eigenvalue weighted by Gasteiger charge is 2.17. The molecule has 0 aliphatic carbocycles. The molecule has 1 unspecified atom stereocenters. The van der Waals surface area contributed by atoms with Gasteiger partial charge in [0.25, 0.3) is 0 Å². The van der Waals surface area contributed by atoms with Gasteiger partial charge in [-0.1, -0.05) is 32.6 Å². The summed E-state index contributed by atoms with van der Waals surface area (Å²) in [6, 6.07) is 0. The van der Waals surface area contributed by atoms with Crippen LogP contribution >= 0.6 is 0 Å². The minimum atomic E-state index is -0.778. The van der Waals surface area contributed by atoms with Crippen molar-refractivity contribution in [1.82, 2.24) is 0 Å². The number of carbonyl (C=O) groups excluding carboxylic acids is 3. The van der Waals surface area contributed by atoms with Gasteiger partial charge < -0.3 is 19.3 Å². The van der Waals surface area contributed by atoms with Crippen LogP contribution < -0.4 is 0 Å². The van der Waals surface area contributed by atoms with Crippen LogP contribution in [0.2, 0.25) is 0 Å². The van der Waals surface area contributed by atoms with E-state index in [0.29, 0.717) is 5.92 Å². The van der Waals surface area contributed by atoms with Crippen LogP contribution in [0.15, 0.2) is 0 Å². The molecule has 0 radical (unpaired) electrons. The Morgan fingerprint density at radius 2 is 1.40 bits per heavy atom. The largest absolute Gasteiger partial charge is 0.462 e. The van der Waals surface area contributed by atoms with Crippen LogP contribution in [0.5, 0.6) is 0 Å². The van der Waals surface area contributed by atoms with Crippen molar-refractivity contribution in [2.75, 3.05) is 19.8 Å². The number of hydrogen-bond acceptors (Lipinski definition) is 7. The van der Waals surface area contributed by atoms with Crippen LogP contribution in [0.25, 0.3) is 0 Å². The summed E-state index contributed by atoms with van der Waals surface area (Å²) >= 11 is 0. The molecule has 0 aliphatic rings. The van der Waals surface area contributed by atoms with Gasteiger partial charge in [0.05, 0.1) is 0 Å². The van der Waals surface area contributed by atoms with Crippen molar-refractivity contribution in [3.05, 3.63) is 0 Å². The van der Waals surface area contributed by atoms with Crippen molar-refractivity contribution in [3.8, 4) is 0 Å². The quantitative estimate of drug-likeness (QED) is 0.288. The third kappa shape index (κ3) is 15.6. The lowest BCUT2D eigenvalue weighted by Gasteiger charge is -2.17. The fourth-order valence-corrected chi connectivity index (χ4v) is 2.17. The standard InChI is InChI=1S/C18H32O7/c1-14(11-19)9-7-5-4-6-8-10-18(22)25-17(12-23-15(2)20)13-24-16(3)21/h14,17,19H,4-13H2,1-3H3. The number of rotatable bonds is 14. The molecule has 0 aliphatic heterocycles. The summed E-state index contributed by atoms with van der Waals surface area (Å²) < 4.78 is 14.8. The first-order valence-corrected chi connectivity index (χ1v) is 8.92. The fourth-order valence-electron chi connectivity index (χ4n) is 2.17. The summed E-state index contributed by atoms with van der Waals surface area (Å²) in [7, 11) is 0. The van der Waals surface area contributed by atoms with Crippen molar-refractivity contribution < 1.29 is 33.7 Å². The highest BCUT2D eigenvalue weighted by Crippen LogP contribution is 2.12. The van der Waals surface area contributed by atoms with Gasteiger partial charge in [0, 0.05) is 26.9 Å². The lowest BCUT2D eigenvalue weighted by atomic mass is 10.0. The minimum Gasteiger partial charge on any atom is -0.462 e. The lowest BCUT2D eigenvalue weighted by molar-refractivity contribution is -0.165. The Balaban J connectivity index is 3.88. The van der Waals surface area contributed by atoms with Gasteiger partial charge in [0.15, 0.2) is 6.10 Å². The molecule has 0 amide bonds. The van der Waals surface area contributed by atoms with Crippen molar-refractivity contribution in [3.63, 3.8) is 0 Å².